The first kappa shape index (κ1) is 27.7. The third-order valence-electron chi connectivity index (χ3n) is 11.5. The third kappa shape index (κ3) is 5.30. The zero-order valence-corrected chi connectivity index (χ0v) is 24.3. The molecule has 1 aromatic rings. The minimum absolute atomic E-state index is 0.143. The number of benzene rings is 1. The van der Waals surface area contributed by atoms with E-state index in [1.807, 2.05) is 0 Å². The summed E-state index contributed by atoms with van der Waals surface area (Å²) in [6, 6.07) is 5.48. The van der Waals surface area contributed by atoms with E-state index >= 15 is 0 Å². The molecule has 4 heteroatoms. The molecule has 0 radical (unpaired) electrons. The molecule has 0 aromatic heterocycles. The molecule has 4 aliphatic carbocycles. The Morgan fingerprint density at radius 2 is 1.76 bits per heavy atom. The largest absolute Gasteiger partial charge is 0.514 e. The van der Waals surface area contributed by atoms with Gasteiger partial charge in [-0.15, -0.1) is 0 Å². The van der Waals surface area contributed by atoms with Crippen LogP contribution in [0.4, 0.5) is 9.18 Å². The Labute approximate surface area is 229 Å². The lowest BCUT2D eigenvalue weighted by Gasteiger charge is -2.58. The van der Waals surface area contributed by atoms with Crippen molar-refractivity contribution >= 4 is 6.16 Å². The van der Waals surface area contributed by atoms with Crippen LogP contribution in [0.3, 0.4) is 0 Å². The van der Waals surface area contributed by atoms with E-state index in [9.17, 15) is 9.18 Å². The number of carbonyl (C=O) groups is 1. The van der Waals surface area contributed by atoms with E-state index in [0.29, 0.717) is 11.2 Å². The van der Waals surface area contributed by atoms with Crippen molar-refractivity contribution in [2.75, 3.05) is 0 Å². The molecule has 0 N–H and O–H groups in total. The van der Waals surface area contributed by atoms with E-state index < -0.39 is 6.16 Å². The molecule has 0 spiro atoms. The summed E-state index contributed by atoms with van der Waals surface area (Å²) in [5.74, 6) is 4.91. The Balaban J connectivity index is 1.21. The smallest absolute Gasteiger partial charge is 0.430 e. The fourth-order valence-corrected chi connectivity index (χ4v) is 9.51. The number of ether oxygens (including phenoxy) is 2. The maximum absolute atomic E-state index is 13.1. The quantitative estimate of drug-likeness (QED) is 0.202. The maximum atomic E-state index is 13.1. The molecular formula is C34H49FO3. The van der Waals surface area contributed by atoms with Crippen LogP contribution in [0.2, 0.25) is 0 Å². The van der Waals surface area contributed by atoms with Crippen LogP contribution in [0.15, 0.2) is 35.9 Å². The minimum atomic E-state index is -0.688. The first-order valence-corrected chi connectivity index (χ1v) is 15.4. The standard InChI is InChI=1S/C34H49FO3/c1-22(2)7-6-8-23(3)29-15-16-30-28-14-9-24-21-27(38-32(36)37-26-12-10-25(35)11-13-26)17-19-33(24,4)31(28)18-20-34(29,30)5/h9-13,22-23,27-31H,6-8,14-21H2,1-5H3/t23-,27+,28-,29-,30+,31-,33+,34-/m1/s1. The van der Waals surface area contributed by atoms with E-state index in [1.165, 1.54) is 81.2 Å². The molecule has 0 unspecified atom stereocenters. The van der Waals surface area contributed by atoms with Crippen LogP contribution >= 0.6 is 0 Å². The topological polar surface area (TPSA) is 35.5 Å². The van der Waals surface area contributed by atoms with Gasteiger partial charge in [0.1, 0.15) is 17.7 Å². The SMILES string of the molecule is CC(C)CCC[C@@H](C)[C@H]1CC[C@H]2[C@H]3CC=C4C[C@@H](OC(=O)Oc5ccc(F)cc5)CC[C@]4(C)[C@@H]3CC[C@]12C. The highest BCUT2D eigenvalue weighted by atomic mass is 19.1. The van der Waals surface area contributed by atoms with Gasteiger partial charge in [0.05, 0.1) is 0 Å². The van der Waals surface area contributed by atoms with Crippen LogP contribution < -0.4 is 4.74 Å². The van der Waals surface area contributed by atoms with Gasteiger partial charge in [-0.25, -0.2) is 9.18 Å². The summed E-state index contributed by atoms with van der Waals surface area (Å²) >= 11 is 0. The highest BCUT2D eigenvalue weighted by molar-refractivity contribution is 5.64. The zero-order valence-electron chi connectivity index (χ0n) is 24.3. The molecule has 3 saturated carbocycles. The average molecular weight is 525 g/mol. The molecule has 210 valence electrons. The number of fused-ring (bicyclic) bond motifs is 5. The van der Waals surface area contributed by atoms with Crippen LogP contribution in [0.25, 0.3) is 0 Å². The molecule has 5 rings (SSSR count). The number of rotatable bonds is 7. The van der Waals surface area contributed by atoms with Crippen LogP contribution in [-0.2, 0) is 4.74 Å². The highest BCUT2D eigenvalue weighted by Gasteiger charge is 2.59. The second kappa shape index (κ2) is 11.0. The summed E-state index contributed by atoms with van der Waals surface area (Å²) in [5, 5.41) is 0. The summed E-state index contributed by atoms with van der Waals surface area (Å²) in [6.45, 7) is 12.4. The number of allylic oxidation sites excluding steroid dienone is 1. The Morgan fingerprint density at radius 1 is 1.00 bits per heavy atom. The van der Waals surface area contributed by atoms with E-state index in [4.69, 9.17) is 9.47 Å². The normalized spacial score (nSPS) is 37.0. The Kier molecular flexibility index (Phi) is 8.00. The molecule has 0 aliphatic heterocycles. The number of carbonyl (C=O) groups excluding carboxylic acids is 1. The van der Waals surface area contributed by atoms with Gasteiger partial charge >= 0.3 is 6.16 Å². The summed E-state index contributed by atoms with van der Waals surface area (Å²) < 4.78 is 24.2. The van der Waals surface area contributed by atoms with Gasteiger partial charge in [-0.2, -0.15) is 0 Å². The molecule has 8 atom stereocenters. The fraction of sp³-hybridized carbons (Fsp3) is 0.735. The lowest BCUT2D eigenvalue weighted by molar-refractivity contribution is -0.0597. The first-order chi connectivity index (χ1) is 18.1. The Hall–Kier alpha value is -1.84. The molecule has 3 nitrogen and oxygen atoms in total. The number of hydrogen-bond donors (Lipinski definition) is 0. The van der Waals surface area contributed by atoms with Gasteiger partial charge in [0.15, 0.2) is 0 Å². The second-order valence-electron chi connectivity index (χ2n) is 14.1. The van der Waals surface area contributed by atoms with E-state index in [2.05, 4.69) is 40.7 Å². The predicted molar refractivity (Wildman–Crippen MR) is 150 cm³/mol. The molecule has 4 aliphatic rings. The first-order valence-electron chi connectivity index (χ1n) is 15.4. The van der Waals surface area contributed by atoms with Gasteiger partial charge in [-0.05, 0) is 116 Å². The molecule has 0 saturated heterocycles. The lowest BCUT2D eigenvalue weighted by atomic mass is 9.47. The highest BCUT2D eigenvalue weighted by Crippen LogP contribution is 2.67. The molecular weight excluding hydrogens is 475 g/mol. The van der Waals surface area contributed by atoms with Crippen LogP contribution in [0.1, 0.15) is 105 Å². The van der Waals surface area contributed by atoms with E-state index in [0.717, 1.165) is 54.8 Å². The fourth-order valence-electron chi connectivity index (χ4n) is 9.51. The van der Waals surface area contributed by atoms with Crippen LogP contribution in [-0.4, -0.2) is 12.3 Å². The number of hydrogen-bond acceptors (Lipinski definition) is 3. The molecule has 0 heterocycles. The summed E-state index contributed by atoms with van der Waals surface area (Å²) in [5.41, 5.74) is 2.24. The maximum Gasteiger partial charge on any atom is 0.514 e. The van der Waals surface area contributed by atoms with Crippen LogP contribution in [0.5, 0.6) is 5.75 Å². The summed E-state index contributed by atoms with van der Waals surface area (Å²) in [7, 11) is 0. The van der Waals surface area contributed by atoms with Gasteiger partial charge in [0, 0.05) is 6.42 Å². The second-order valence-corrected chi connectivity index (χ2v) is 14.1. The van der Waals surface area contributed by atoms with Crippen LogP contribution in [0, 0.1) is 52.2 Å². The molecule has 0 amide bonds. The zero-order chi connectivity index (χ0) is 27.1. The van der Waals surface area contributed by atoms with Gasteiger partial charge < -0.3 is 9.47 Å². The Bertz CT molecular complexity index is 1020. The average Bonchev–Trinajstić information content (AvgIpc) is 3.23. The van der Waals surface area contributed by atoms with Crippen molar-refractivity contribution in [2.24, 2.45) is 46.3 Å². The molecule has 1 aromatic carbocycles. The summed E-state index contributed by atoms with van der Waals surface area (Å²) in [6.07, 6.45) is 15.4. The van der Waals surface area contributed by atoms with E-state index in [1.54, 1.807) is 0 Å². The van der Waals surface area contributed by atoms with Gasteiger partial charge in [-0.3, -0.25) is 0 Å². The van der Waals surface area contributed by atoms with Crippen molar-refractivity contribution in [3.63, 3.8) is 0 Å². The molecule has 38 heavy (non-hydrogen) atoms. The molecule has 3 fully saturated rings. The third-order valence-corrected chi connectivity index (χ3v) is 11.5. The van der Waals surface area contributed by atoms with Gasteiger partial charge in [0.25, 0.3) is 0 Å². The monoisotopic (exact) mass is 524 g/mol. The van der Waals surface area contributed by atoms with Gasteiger partial charge in [-0.1, -0.05) is 65.5 Å². The van der Waals surface area contributed by atoms with Crippen molar-refractivity contribution in [2.45, 2.75) is 111 Å². The predicted octanol–water partition coefficient (Wildman–Crippen LogP) is 9.75. The molecule has 0 bridgehead atoms. The van der Waals surface area contributed by atoms with Crippen molar-refractivity contribution < 1.29 is 18.7 Å². The van der Waals surface area contributed by atoms with E-state index in [-0.39, 0.29) is 17.3 Å². The minimum Gasteiger partial charge on any atom is -0.430 e. The lowest BCUT2D eigenvalue weighted by Crippen LogP contribution is -2.51. The van der Waals surface area contributed by atoms with Crippen molar-refractivity contribution in [1.82, 2.24) is 0 Å². The van der Waals surface area contributed by atoms with Crippen molar-refractivity contribution in [1.29, 1.82) is 0 Å². The Morgan fingerprint density at radius 3 is 2.50 bits per heavy atom. The summed E-state index contributed by atoms with van der Waals surface area (Å²) in [4.78, 5) is 12.4. The van der Waals surface area contributed by atoms with Gasteiger partial charge in [0.2, 0.25) is 0 Å². The number of halogens is 1. The van der Waals surface area contributed by atoms with Crippen molar-refractivity contribution in [3.05, 3.63) is 41.7 Å². The van der Waals surface area contributed by atoms with Crippen molar-refractivity contribution in [3.8, 4) is 5.75 Å².